The highest BCUT2D eigenvalue weighted by Crippen LogP contribution is 2.35. The van der Waals surface area contributed by atoms with E-state index in [0.29, 0.717) is 40.1 Å². The summed E-state index contributed by atoms with van der Waals surface area (Å²) in [5.41, 5.74) is 2.30. The van der Waals surface area contributed by atoms with Crippen LogP contribution in [0, 0.1) is 0 Å². The maximum atomic E-state index is 13.3. The van der Waals surface area contributed by atoms with Gasteiger partial charge in [0.1, 0.15) is 11.5 Å². The van der Waals surface area contributed by atoms with Crippen LogP contribution in [-0.2, 0) is 27.3 Å². The maximum absolute atomic E-state index is 13.3. The van der Waals surface area contributed by atoms with Gasteiger partial charge in [0.15, 0.2) is 6.10 Å². The number of para-hydroxylation sites is 2. The van der Waals surface area contributed by atoms with Crippen molar-refractivity contribution in [3.05, 3.63) is 87.9 Å². The lowest BCUT2D eigenvalue weighted by atomic mass is 10.1. The number of fused-ring (bicyclic) bond motifs is 1. The highest BCUT2D eigenvalue weighted by atomic mass is 35.5. The van der Waals surface area contributed by atoms with E-state index in [2.05, 4.69) is 4.74 Å². The number of benzene rings is 3. The number of rotatable bonds is 8. The van der Waals surface area contributed by atoms with Gasteiger partial charge >= 0.3 is 5.97 Å². The van der Waals surface area contributed by atoms with E-state index < -0.39 is 6.10 Å². The third-order valence-electron chi connectivity index (χ3n) is 5.43. The summed E-state index contributed by atoms with van der Waals surface area (Å²) in [6, 6.07) is 20.0. The van der Waals surface area contributed by atoms with Crippen LogP contribution in [0.15, 0.2) is 66.7 Å². The highest BCUT2D eigenvalue weighted by Gasteiger charge is 2.34. The van der Waals surface area contributed by atoms with Crippen LogP contribution in [0.4, 0.5) is 5.69 Å². The van der Waals surface area contributed by atoms with Crippen molar-refractivity contribution < 1.29 is 23.8 Å². The summed E-state index contributed by atoms with van der Waals surface area (Å²) < 4.78 is 16.5. The van der Waals surface area contributed by atoms with E-state index in [-0.39, 0.29) is 24.9 Å². The first-order chi connectivity index (χ1) is 16.4. The Bertz CT molecular complexity index is 1200. The number of carbonyl (C=O) groups is 2. The van der Waals surface area contributed by atoms with E-state index in [4.69, 9.17) is 32.7 Å². The van der Waals surface area contributed by atoms with Gasteiger partial charge in [-0.1, -0.05) is 53.5 Å². The molecule has 1 aliphatic rings. The molecule has 0 bridgehead atoms. The van der Waals surface area contributed by atoms with E-state index in [1.54, 1.807) is 29.2 Å². The molecule has 8 heteroatoms. The lowest BCUT2D eigenvalue weighted by Gasteiger charge is -2.34. The lowest BCUT2D eigenvalue weighted by molar-refractivity contribution is -0.139. The van der Waals surface area contributed by atoms with E-state index in [1.165, 1.54) is 7.11 Å². The summed E-state index contributed by atoms with van der Waals surface area (Å²) in [5, 5.41) is 1.03. The molecule has 1 unspecified atom stereocenters. The molecule has 0 fully saturated rings. The standard InChI is InChI=1S/C26H23Cl2NO5/c1-32-25(30)14-18-9-10-20(15-21(18)28)33-12-11-24-26(31)29(16-17-5-4-6-19(27)13-17)22-7-2-3-8-23(22)34-24/h2-10,13,15,24H,11-12,14,16H2,1H3. The number of amides is 1. The van der Waals surface area contributed by atoms with Crippen LogP contribution in [-0.4, -0.2) is 31.7 Å². The molecule has 1 aliphatic heterocycles. The average molecular weight is 500 g/mol. The second-order valence-corrected chi connectivity index (χ2v) is 8.62. The molecule has 0 N–H and O–H groups in total. The minimum atomic E-state index is -0.692. The fraction of sp³-hybridized carbons (Fsp3) is 0.231. The first-order valence-corrected chi connectivity index (χ1v) is 11.5. The van der Waals surface area contributed by atoms with Gasteiger partial charge in [-0.15, -0.1) is 0 Å². The van der Waals surface area contributed by atoms with Crippen molar-refractivity contribution in [2.45, 2.75) is 25.5 Å². The summed E-state index contributed by atoms with van der Waals surface area (Å²) in [6.07, 6.45) is -0.258. The van der Waals surface area contributed by atoms with Gasteiger partial charge in [0.25, 0.3) is 5.91 Å². The molecule has 1 atom stereocenters. The SMILES string of the molecule is COC(=O)Cc1ccc(OCCC2Oc3ccccc3N(Cc3cccc(Cl)c3)C2=O)cc1Cl. The van der Waals surface area contributed by atoms with Crippen LogP contribution in [0.5, 0.6) is 11.5 Å². The van der Waals surface area contributed by atoms with Gasteiger partial charge in [-0.25, -0.2) is 0 Å². The molecule has 3 aromatic carbocycles. The second-order valence-electron chi connectivity index (χ2n) is 7.77. The van der Waals surface area contributed by atoms with E-state index >= 15 is 0 Å². The van der Waals surface area contributed by atoms with E-state index in [9.17, 15) is 9.59 Å². The molecule has 1 amide bonds. The second kappa shape index (κ2) is 10.8. The summed E-state index contributed by atoms with van der Waals surface area (Å²) in [6.45, 7) is 0.630. The van der Waals surface area contributed by atoms with Crippen molar-refractivity contribution in [1.82, 2.24) is 0 Å². The molecule has 0 spiro atoms. The Morgan fingerprint density at radius 1 is 1.06 bits per heavy atom. The van der Waals surface area contributed by atoms with Crippen LogP contribution in [0.2, 0.25) is 10.0 Å². The third-order valence-corrected chi connectivity index (χ3v) is 6.02. The minimum absolute atomic E-state index is 0.0852. The van der Waals surface area contributed by atoms with Gasteiger partial charge in [-0.05, 0) is 47.5 Å². The van der Waals surface area contributed by atoms with Crippen molar-refractivity contribution in [1.29, 1.82) is 0 Å². The molecule has 0 saturated heterocycles. The quantitative estimate of drug-likeness (QED) is 0.384. The fourth-order valence-corrected chi connectivity index (χ4v) is 4.16. The molecule has 0 aromatic heterocycles. The summed E-state index contributed by atoms with van der Waals surface area (Å²) in [4.78, 5) is 26.5. The molecular weight excluding hydrogens is 477 g/mol. The van der Waals surface area contributed by atoms with Crippen LogP contribution in [0.25, 0.3) is 0 Å². The molecule has 176 valence electrons. The third kappa shape index (κ3) is 5.64. The van der Waals surface area contributed by atoms with Gasteiger partial charge in [0.05, 0.1) is 32.4 Å². The number of hydrogen-bond donors (Lipinski definition) is 0. The predicted octanol–water partition coefficient (Wildman–Crippen LogP) is 5.47. The summed E-state index contributed by atoms with van der Waals surface area (Å²) in [7, 11) is 1.33. The average Bonchev–Trinajstić information content (AvgIpc) is 2.83. The van der Waals surface area contributed by atoms with Crippen molar-refractivity contribution in [3.8, 4) is 11.5 Å². The van der Waals surface area contributed by atoms with Crippen LogP contribution < -0.4 is 14.4 Å². The van der Waals surface area contributed by atoms with Gasteiger partial charge in [-0.3, -0.25) is 9.59 Å². The number of anilines is 1. The normalized spacial score (nSPS) is 14.9. The Morgan fingerprint density at radius 3 is 2.65 bits per heavy atom. The Balaban J connectivity index is 1.43. The van der Waals surface area contributed by atoms with Crippen molar-refractivity contribution >= 4 is 40.8 Å². The Morgan fingerprint density at radius 2 is 1.88 bits per heavy atom. The molecule has 3 aromatic rings. The zero-order valence-corrected chi connectivity index (χ0v) is 20.0. The van der Waals surface area contributed by atoms with Crippen molar-refractivity contribution in [3.63, 3.8) is 0 Å². The predicted molar refractivity (Wildman–Crippen MR) is 131 cm³/mol. The number of methoxy groups -OCH3 is 1. The highest BCUT2D eigenvalue weighted by molar-refractivity contribution is 6.31. The van der Waals surface area contributed by atoms with Crippen molar-refractivity contribution in [2.24, 2.45) is 0 Å². The van der Waals surface area contributed by atoms with E-state index in [0.717, 1.165) is 11.3 Å². The topological polar surface area (TPSA) is 65.1 Å². The zero-order valence-electron chi connectivity index (χ0n) is 18.5. The fourth-order valence-electron chi connectivity index (χ4n) is 3.71. The minimum Gasteiger partial charge on any atom is -0.493 e. The number of halogens is 2. The van der Waals surface area contributed by atoms with E-state index in [1.807, 2.05) is 42.5 Å². The first kappa shape index (κ1) is 23.9. The maximum Gasteiger partial charge on any atom is 0.310 e. The van der Waals surface area contributed by atoms with Crippen molar-refractivity contribution in [2.75, 3.05) is 18.6 Å². The molecule has 4 rings (SSSR count). The molecule has 0 aliphatic carbocycles. The van der Waals surface area contributed by atoms with Gasteiger partial charge in [-0.2, -0.15) is 0 Å². The van der Waals surface area contributed by atoms with Gasteiger partial charge in [0.2, 0.25) is 0 Å². The zero-order chi connectivity index (χ0) is 24.1. The molecule has 0 saturated carbocycles. The van der Waals surface area contributed by atoms with Gasteiger partial charge < -0.3 is 19.1 Å². The number of nitrogens with zero attached hydrogens (tertiary/aromatic N) is 1. The molecule has 1 heterocycles. The molecule has 0 radical (unpaired) electrons. The van der Waals surface area contributed by atoms with Crippen LogP contribution in [0.1, 0.15) is 17.5 Å². The van der Waals surface area contributed by atoms with Crippen LogP contribution >= 0.6 is 23.2 Å². The number of esters is 1. The molecule has 6 nitrogen and oxygen atoms in total. The van der Waals surface area contributed by atoms with Crippen LogP contribution in [0.3, 0.4) is 0 Å². The Hall–Kier alpha value is -3.22. The molecular formula is C26H23Cl2NO5. The summed E-state index contributed by atoms with van der Waals surface area (Å²) >= 11 is 12.4. The first-order valence-electron chi connectivity index (χ1n) is 10.7. The Kier molecular flexibility index (Phi) is 7.60. The lowest BCUT2D eigenvalue weighted by Crippen LogP contribution is -2.46. The number of hydrogen-bond acceptors (Lipinski definition) is 5. The smallest absolute Gasteiger partial charge is 0.310 e. The largest absolute Gasteiger partial charge is 0.493 e. The molecule has 34 heavy (non-hydrogen) atoms. The number of carbonyl (C=O) groups excluding carboxylic acids is 2. The monoisotopic (exact) mass is 499 g/mol. The van der Waals surface area contributed by atoms with Gasteiger partial charge in [0, 0.05) is 16.5 Å². The Labute approximate surface area is 207 Å². The number of ether oxygens (including phenoxy) is 3. The summed E-state index contributed by atoms with van der Waals surface area (Å²) in [5.74, 6) is 0.669.